The van der Waals surface area contributed by atoms with Crippen molar-refractivity contribution in [3.63, 3.8) is 0 Å². The second-order valence-corrected chi connectivity index (χ2v) is 5.49. The molecule has 0 N–H and O–H groups in total. The minimum Gasteiger partial charge on any atom is -0.489 e. The molecule has 0 saturated carbocycles. The summed E-state index contributed by atoms with van der Waals surface area (Å²) in [5, 5.41) is 0. The summed E-state index contributed by atoms with van der Waals surface area (Å²) in [6.45, 7) is 2.64. The summed E-state index contributed by atoms with van der Waals surface area (Å²) in [5.41, 5.74) is 5.46. The van der Waals surface area contributed by atoms with E-state index in [1.54, 1.807) is 0 Å². The number of hydrogen-bond donors (Lipinski definition) is 0. The topological polar surface area (TPSA) is 9.23 Å². The molecule has 0 amide bonds. The Hall–Kier alpha value is -2.98. The lowest BCUT2D eigenvalue weighted by atomic mass is 9.98. The van der Waals surface area contributed by atoms with Gasteiger partial charge in [-0.1, -0.05) is 66.1 Å². The lowest BCUT2D eigenvalue weighted by Gasteiger charge is -2.09. The minimum absolute atomic E-state index is 0.570. The fourth-order valence-electron chi connectivity index (χ4n) is 2.49. The maximum Gasteiger partial charge on any atom is 0.119 e. The van der Waals surface area contributed by atoms with Crippen LogP contribution in [0.3, 0.4) is 0 Å². The summed E-state index contributed by atoms with van der Waals surface area (Å²) in [6, 6.07) is 24.4. The van der Waals surface area contributed by atoms with Crippen molar-refractivity contribution in [3.05, 3.63) is 89.5 Å². The Morgan fingerprint density at radius 3 is 2.35 bits per heavy atom. The van der Waals surface area contributed by atoms with Crippen LogP contribution in [0.15, 0.2) is 72.8 Å². The first-order chi connectivity index (χ1) is 11.3. The maximum absolute atomic E-state index is 5.82. The molecule has 3 aromatic carbocycles. The van der Waals surface area contributed by atoms with Gasteiger partial charge in [-0.2, -0.15) is 0 Å². The average Bonchev–Trinajstić information content (AvgIpc) is 2.61. The number of benzene rings is 3. The van der Waals surface area contributed by atoms with E-state index >= 15 is 0 Å². The van der Waals surface area contributed by atoms with E-state index in [0.717, 1.165) is 28.0 Å². The van der Waals surface area contributed by atoms with Crippen LogP contribution in [0.2, 0.25) is 0 Å². The molecule has 0 spiro atoms. The molecule has 1 nitrogen and oxygen atoms in total. The fraction of sp³-hybridized carbons (Fsp3) is 0.0909. The van der Waals surface area contributed by atoms with Crippen LogP contribution in [0.4, 0.5) is 0 Å². The van der Waals surface area contributed by atoms with Gasteiger partial charge in [0.15, 0.2) is 0 Å². The van der Waals surface area contributed by atoms with E-state index in [1.165, 1.54) is 5.56 Å². The molecule has 1 heteroatoms. The third-order valence-corrected chi connectivity index (χ3v) is 3.74. The van der Waals surface area contributed by atoms with Gasteiger partial charge in [-0.3, -0.25) is 0 Å². The third-order valence-electron chi connectivity index (χ3n) is 3.74. The van der Waals surface area contributed by atoms with E-state index in [2.05, 4.69) is 43.2 Å². The molecule has 3 rings (SSSR count). The minimum atomic E-state index is 0.570. The Morgan fingerprint density at radius 2 is 1.65 bits per heavy atom. The van der Waals surface area contributed by atoms with E-state index in [1.807, 2.05) is 42.5 Å². The second-order valence-electron chi connectivity index (χ2n) is 5.49. The first-order valence-electron chi connectivity index (χ1n) is 7.61. The second kappa shape index (κ2) is 6.85. The SMILES string of the molecule is C#Cc1ccc(C)cc1-c1ccc(OCc2ccccc2)cc1. The first kappa shape index (κ1) is 14.9. The largest absolute Gasteiger partial charge is 0.489 e. The Morgan fingerprint density at radius 1 is 0.913 bits per heavy atom. The average molecular weight is 298 g/mol. The summed E-state index contributed by atoms with van der Waals surface area (Å²) in [5.74, 6) is 3.61. The lowest BCUT2D eigenvalue weighted by Crippen LogP contribution is -1.94. The van der Waals surface area contributed by atoms with E-state index in [0.29, 0.717) is 6.61 Å². The molecule has 0 aliphatic heterocycles. The van der Waals surface area contributed by atoms with E-state index < -0.39 is 0 Å². The molecule has 0 aliphatic carbocycles. The van der Waals surface area contributed by atoms with Crippen molar-refractivity contribution >= 4 is 0 Å². The van der Waals surface area contributed by atoms with Crippen LogP contribution in [0.25, 0.3) is 11.1 Å². The van der Waals surface area contributed by atoms with Crippen molar-refractivity contribution in [2.24, 2.45) is 0 Å². The van der Waals surface area contributed by atoms with Crippen LogP contribution in [-0.4, -0.2) is 0 Å². The fourth-order valence-corrected chi connectivity index (χ4v) is 2.49. The number of hydrogen-bond acceptors (Lipinski definition) is 1. The molecule has 0 heterocycles. The molecular formula is C22H18O. The van der Waals surface area contributed by atoms with Crippen LogP contribution < -0.4 is 4.74 Å². The molecule has 0 atom stereocenters. The van der Waals surface area contributed by atoms with E-state index in [9.17, 15) is 0 Å². The zero-order chi connectivity index (χ0) is 16.1. The zero-order valence-corrected chi connectivity index (χ0v) is 13.1. The molecule has 112 valence electrons. The molecular weight excluding hydrogens is 280 g/mol. The van der Waals surface area contributed by atoms with Crippen LogP contribution in [0.1, 0.15) is 16.7 Å². The van der Waals surface area contributed by atoms with Gasteiger partial charge in [0.2, 0.25) is 0 Å². The first-order valence-corrected chi connectivity index (χ1v) is 7.61. The Labute approximate surface area is 137 Å². The van der Waals surface area contributed by atoms with Crippen LogP contribution in [0.5, 0.6) is 5.75 Å². The van der Waals surface area contributed by atoms with Gasteiger partial charge < -0.3 is 4.74 Å². The normalized spacial score (nSPS) is 10.1. The van der Waals surface area contributed by atoms with Crippen molar-refractivity contribution in [1.82, 2.24) is 0 Å². The van der Waals surface area contributed by atoms with Gasteiger partial charge in [0.05, 0.1) is 0 Å². The van der Waals surface area contributed by atoms with E-state index in [-0.39, 0.29) is 0 Å². The Kier molecular flexibility index (Phi) is 4.45. The highest BCUT2D eigenvalue weighted by atomic mass is 16.5. The molecule has 0 unspecified atom stereocenters. The third kappa shape index (κ3) is 3.62. The molecule has 0 radical (unpaired) electrons. The molecule has 23 heavy (non-hydrogen) atoms. The molecule has 0 bridgehead atoms. The predicted octanol–water partition coefficient (Wildman–Crippen LogP) is 5.22. The highest BCUT2D eigenvalue weighted by Gasteiger charge is 2.04. The van der Waals surface area contributed by atoms with Crippen LogP contribution in [0, 0.1) is 19.3 Å². The number of ether oxygens (including phenoxy) is 1. The van der Waals surface area contributed by atoms with Gasteiger partial charge in [0.25, 0.3) is 0 Å². The quantitative estimate of drug-likeness (QED) is 0.600. The van der Waals surface area contributed by atoms with E-state index in [4.69, 9.17) is 11.2 Å². The van der Waals surface area contributed by atoms with Gasteiger partial charge in [-0.05, 0) is 41.8 Å². The van der Waals surface area contributed by atoms with Crippen LogP contribution >= 0.6 is 0 Å². The standard InChI is InChI=1S/C22H18O/c1-3-19-10-9-17(2)15-22(19)20-11-13-21(14-12-20)23-16-18-7-5-4-6-8-18/h1,4-15H,16H2,2H3. The lowest BCUT2D eigenvalue weighted by molar-refractivity contribution is 0.306. The Bertz CT molecular complexity index is 824. The highest BCUT2D eigenvalue weighted by molar-refractivity contribution is 5.72. The smallest absolute Gasteiger partial charge is 0.119 e. The zero-order valence-electron chi connectivity index (χ0n) is 13.1. The molecule has 0 fully saturated rings. The van der Waals surface area contributed by atoms with Crippen LogP contribution in [-0.2, 0) is 6.61 Å². The number of rotatable bonds is 4. The molecule has 0 aromatic heterocycles. The monoisotopic (exact) mass is 298 g/mol. The van der Waals surface area contributed by atoms with Gasteiger partial charge in [0.1, 0.15) is 12.4 Å². The van der Waals surface area contributed by atoms with Gasteiger partial charge >= 0.3 is 0 Å². The number of aryl methyl sites for hydroxylation is 1. The van der Waals surface area contributed by atoms with Gasteiger partial charge in [0, 0.05) is 5.56 Å². The molecule has 3 aromatic rings. The summed E-state index contributed by atoms with van der Waals surface area (Å²) < 4.78 is 5.82. The predicted molar refractivity (Wildman–Crippen MR) is 95.3 cm³/mol. The van der Waals surface area contributed by atoms with Crippen molar-refractivity contribution in [2.45, 2.75) is 13.5 Å². The molecule has 0 aliphatic rings. The van der Waals surface area contributed by atoms with Gasteiger partial charge in [-0.15, -0.1) is 6.42 Å². The summed E-state index contributed by atoms with van der Waals surface area (Å²) >= 11 is 0. The highest BCUT2D eigenvalue weighted by Crippen LogP contribution is 2.26. The summed E-state index contributed by atoms with van der Waals surface area (Å²) in [4.78, 5) is 0. The number of terminal acetylenes is 1. The van der Waals surface area contributed by atoms with Crippen molar-refractivity contribution < 1.29 is 4.74 Å². The van der Waals surface area contributed by atoms with Crippen molar-refractivity contribution in [1.29, 1.82) is 0 Å². The van der Waals surface area contributed by atoms with Crippen molar-refractivity contribution in [2.75, 3.05) is 0 Å². The molecule has 0 saturated heterocycles. The summed E-state index contributed by atoms with van der Waals surface area (Å²) in [7, 11) is 0. The maximum atomic E-state index is 5.82. The van der Waals surface area contributed by atoms with Gasteiger partial charge in [-0.25, -0.2) is 0 Å². The summed E-state index contributed by atoms with van der Waals surface area (Å²) in [6.07, 6.45) is 5.61. The van der Waals surface area contributed by atoms with Crippen molar-refractivity contribution in [3.8, 4) is 29.2 Å². The Balaban J connectivity index is 1.77.